The van der Waals surface area contributed by atoms with E-state index in [9.17, 15) is 24.3 Å². The van der Waals surface area contributed by atoms with Crippen molar-refractivity contribution in [2.75, 3.05) is 31.2 Å². The van der Waals surface area contributed by atoms with Gasteiger partial charge in [0.05, 0.1) is 32.0 Å². The largest absolute Gasteiger partial charge is 0.472 e. The Hall–Kier alpha value is -3.02. The van der Waals surface area contributed by atoms with Gasteiger partial charge in [-0.1, -0.05) is 0 Å². The maximum absolute atomic E-state index is 13.5. The highest BCUT2D eigenvalue weighted by molar-refractivity contribution is 8.07. The Balaban J connectivity index is 1.23. The summed E-state index contributed by atoms with van der Waals surface area (Å²) in [5.74, 6) is -0.865. The van der Waals surface area contributed by atoms with Gasteiger partial charge in [0.25, 0.3) is 5.56 Å². The number of hydrogen-bond donors (Lipinski definition) is 7. The van der Waals surface area contributed by atoms with Crippen molar-refractivity contribution in [2.45, 2.75) is 49.4 Å². The number of imidazole rings is 2. The van der Waals surface area contributed by atoms with Gasteiger partial charge >= 0.3 is 14.5 Å². The molecule has 47 heavy (non-hydrogen) atoms. The Morgan fingerprint density at radius 2 is 1.66 bits per heavy atom. The van der Waals surface area contributed by atoms with E-state index in [0.717, 1.165) is 0 Å². The van der Waals surface area contributed by atoms with E-state index < -0.39 is 82.2 Å². The SMILES string of the molecule is NCC[C@@H]1C2OP(=O)(O)OC[C@H]3O[C@@H](n4cnc5c(N)ncnc54)C(O)[C@H]3OP(O)(=S)OC[C@H]1O[C@H]2n1cnc2c(=O)[nH]c(N)nc21. The Morgan fingerprint density at radius 1 is 0.957 bits per heavy atom. The number of nitrogens with two attached hydrogens (primary N) is 3. The molecule has 22 nitrogen and oxygen atoms in total. The van der Waals surface area contributed by atoms with Crippen LogP contribution in [0.1, 0.15) is 18.9 Å². The number of fused-ring (bicyclic) bond motifs is 5. The molecule has 0 saturated carbocycles. The number of rotatable bonds is 4. The minimum Gasteiger partial charge on any atom is -0.386 e. The average molecular weight is 718 g/mol. The number of phosphoric ester groups is 1. The minimum absolute atomic E-state index is 0.00427. The molecule has 0 aromatic carbocycles. The average Bonchev–Trinajstić information content (AvgIpc) is 3.76. The first-order valence-electron chi connectivity index (χ1n) is 14.0. The van der Waals surface area contributed by atoms with Gasteiger partial charge in [0.2, 0.25) is 5.95 Å². The van der Waals surface area contributed by atoms with Crippen LogP contribution in [-0.4, -0.2) is 104 Å². The van der Waals surface area contributed by atoms with Gasteiger partial charge < -0.3 is 46.1 Å². The molecule has 10 N–H and O–H groups in total. The van der Waals surface area contributed by atoms with Gasteiger partial charge in [-0.25, -0.2) is 24.5 Å². The standard InChI is InChI=1S/C22H29N11O11P2S/c23-2-1-8-9-3-40-46(38,47)44-15-10(42-20(13(15)34)32-6-28-11-16(24)26-5-27-17(11)32)4-39-45(36,37)43-14(8)21(41-9)33-7-29-12-18(33)30-22(25)31-19(12)35/h5-10,13-15,20-21,34H,1-4,23H2,(H,36,37)(H,38,47)(H2,24,26,27)(H3,25,30,31,35)/t8-,9+,10+,13?,14?,15-,20+,21+,46?/m0/s1. The summed E-state index contributed by atoms with van der Waals surface area (Å²) in [6, 6.07) is 0. The number of phosphoric acid groups is 1. The highest BCUT2D eigenvalue weighted by atomic mass is 32.5. The summed E-state index contributed by atoms with van der Waals surface area (Å²) < 4.78 is 50.9. The second-order valence-electron chi connectivity index (χ2n) is 10.9. The minimum atomic E-state index is -4.97. The van der Waals surface area contributed by atoms with Crippen LogP contribution in [0, 0.1) is 5.92 Å². The number of nitrogens with zero attached hydrogens (tertiary/aromatic N) is 7. The third-order valence-electron chi connectivity index (χ3n) is 8.00. The molecule has 3 saturated heterocycles. The second-order valence-corrected chi connectivity index (χ2v) is 15.1. The summed E-state index contributed by atoms with van der Waals surface area (Å²) in [5.41, 5.74) is 17.3. The number of aromatic nitrogens is 8. The predicted molar refractivity (Wildman–Crippen MR) is 161 cm³/mol. The van der Waals surface area contributed by atoms with E-state index in [1.54, 1.807) is 0 Å². The Labute approximate surface area is 268 Å². The quantitative estimate of drug-likeness (QED) is 0.117. The van der Waals surface area contributed by atoms with Crippen LogP contribution in [-0.2, 0) is 43.9 Å². The normalized spacial score (nSPS) is 36.6. The Kier molecular flexibility index (Phi) is 8.40. The topological polar surface area (TPSA) is 318 Å². The molecule has 0 spiro atoms. The lowest BCUT2D eigenvalue weighted by Crippen LogP contribution is -2.36. The van der Waals surface area contributed by atoms with Crippen molar-refractivity contribution in [2.24, 2.45) is 11.7 Å². The number of aliphatic hydroxyl groups is 1. The van der Waals surface area contributed by atoms with Crippen LogP contribution in [0.5, 0.6) is 0 Å². The summed E-state index contributed by atoms with van der Waals surface area (Å²) >= 11 is 5.30. The molecular weight excluding hydrogens is 688 g/mol. The molecule has 3 aliphatic rings. The fourth-order valence-corrected chi connectivity index (χ4v) is 8.35. The number of aromatic amines is 1. The van der Waals surface area contributed by atoms with E-state index in [0.29, 0.717) is 0 Å². The molecule has 7 heterocycles. The lowest BCUT2D eigenvalue weighted by molar-refractivity contribution is -0.0647. The zero-order chi connectivity index (χ0) is 33.2. The summed E-state index contributed by atoms with van der Waals surface area (Å²) in [5, 5.41) is 11.3. The Morgan fingerprint density at radius 3 is 2.43 bits per heavy atom. The highest BCUT2D eigenvalue weighted by Gasteiger charge is 2.53. The molecule has 25 heteroatoms. The van der Waals surface area contributed by atoms with Crippen LogP contribution in [0.4, 0.5) is 11.8 Å². The number of aliphatic hydroxyl groups excluding tert-OH is 1. The van der Waals surface area contributed by atoms with Gasteiger partial charge in [-0.3, -0.25) is 32.5 Å². The van der Waals surface area contributed by atoms with Crippen molar-refractivity contribution >= 4 is 60.4 Å². The van der Waals surface area contributed by atoms with Gasteiger partial charge in [-0.2, -0.15) is 4.98 Å². The van der Waals surface area contributed by atoms with Gasteiger partial charge in [-0.05, 0) is 24.8 Å². The van der Waals surface area contributed by atoms with Crippen molar-refractivity contribution in [3.8, 4) is 0 Å². The molecule has 2 bridgehead atoms. The monoisotopic (exact) mass is 717 g/mol. The molecule has 4 aromatic heterocycles. The highest BCUT2D eigenvalue weighted by Crippen LogP contribution is 2.55. The van der Waals surface area contributed by atoms with Gasteiger partial charge in [-0.15, -0.1) is 0 Å². The zero-order valence-corrected chi connectivity index (χ0v) is 26.6. The molecule has 7 rings (SSSR count). The first-order valence-corrected chi connectivity index (χ1v) is 18.1. The molecule has 0 radical (unpaired) electrons. The zero-order valence-electron chi connectivity index (χ0n) is 24.0. The van der Waals surface area contributed by atoms with E-state index in [2.05, 4.69) is 29.9 Å². The van der Waals surface area contributed by atoms with Crippen molar-refractivity contribution < 1.29 is 47.0 Å². The van der Waals surface area contributed by atoms with Crippen molar-refractivity contribution in [3.05, 3.63) is 29.3 Å². The molecule has 4 unspecified atom stereocenters. The van der Waals surface area contributed by atoms with E-state index in [1.165, 1.54) is 28.1 Å². The van der Waals surface area contributed by atoms with Crippen molar-refractivity contribution in [3.63, 3.8) is 0 Å². The number of anilines is 2. The van der Waals surface area contributed by atoms with Crippen LogP contribution < -0.4 is 22.8 Å². The molecular formula is C22H29N11O11P2S. The van der Waals surface area contributed by atoms with Crippen LogP contribution in [0.25, 0.3) is 22.3 Å². The van der Waals surface area contributed by atoms with Crippen molar-refractivity contribution in [1.82, 2.24) is 39.0 Å². The molecule has 254 valence electrons. The van der Waals surface area contributed by atoms with Crippen LogP contribution in [0.2, 0.25) is 0 Å². The summed E-state index contributed by atoms with van der Waals surface area (Å²) in [6.45, 7) is -5.15. The molecule has 0 amide bonds. The lowest BCUT2D eigenvalue weighted by atomic mass is 9.94. The first kappa shape index (κ1) is 32.5. The van der Waals surface area contributed by atoms with Gasteiger partial charge in [0.15, 0.2) is 35.1 Å². The fraction of sp³-hybridized carbons (Fsp3) is 0.545. The third kappa shape index (κ3) is 5.97. The van der Waals surface area contributed by atoms with Crippen LogP contribution in [0.3, 0.4) is 0 Å². The van der Waals surface area contributed by atoms with Gasteiger partial charge in [0.1, 0.15) is 36.3 Å². The summed E-state index contributed by atoms with van der Waals surface area (Å²) in [6.07, 6.45) is -5.03. The fourth-order valence-electron chi connectivity index (χ4n) is 5.94. The van der Waals surface area contributed by atoms with Crippen LogP contribution >= 0.6 is 14.5 Å². The van der Waals surface area contributed by atoms with Crippen molar-refractivity contribution in [1.29, 1.82) is 0 Å². The third-order valence-corrected chi connectivity index (χ3v) is 10.5. The molecule has 4 aromatic rings. The smallest absolute Gasteiger partial charge is 0.386 e. The maximum atomic E-state index is 13.5. The number of nitrogen functional groups attached to an aromatic ring is 2. The summed E-state index contributed by atoms with van der Waals surface area (Å²) in [7, 11) is -4.97. The Bertz CT molecular complexity index is 1980. The van der Waals surface area contributed by atoms with E-state index in [4.69, 9.17) is 56.6 Å². The molecule has 10 atom stereocenters. The van der Waals surface area contributed by atoms with E-state index in [-0.39, 0.29) is 47.1 Å². The van der Waals surface area contributed by atoms with E-state index >= 15 is 0 Å². The molecule has 3 aliphatic heterocycles. The molecule has 3 fully saturated rings. The maximum Gasteiger partial charge on any atom is 0.472 e. The lowest BCUT2D eigenvalue weighted by Gasteiger charge is -2.27. The number of ether oxygens (including phenoxy) is 2. The second kappa shape index (κ2) is 12.1. The van der Waals surface area contributed by atoms with Crippen LogP contribution in [0.15, 0.2) is 23.8 Å². The number of nitrogens with one attached hydrogen (secondary N) is 1. The first-order chi connectivity index (χ1) is 22.4. The van der Waals surface area contributed by atoms with Gasteiger partial charge in [0, 0.05) is 5.92 Å². The molecule has 0 aliphatic carbocycles. The number of H-pyrrole nitrogens is 1. The predicted octanol–water partition coefficient (Wildman–Crippen LogP) is -1.62. The summed E-state index contributed by atoms with van der Waals surface area (Å²) in [4.78, 5) is 57.3. The van der Waals surface area contributed by atoms with E-state index in [1.807, 2.05) is 0 Å². The number of hydrogen-bond acceptors (Lipinski definition) is 18.